The Balaban J connectivity index is 1.51. The lowest BCUT2D eigenvalue weighted by Crippen LogP contribution is -2.57. The molecular formula is C31H43N3O4S. The number of amides is 2. The van der Waals surface area contributed by atoms with E-state index in [9.17, 15) is 19.5 Å². The number of hydrogen-bond acceptors (Lipinski definition) is 6. The van der Waals surface area contributed by atoms with Crippen molar-refractivity contribution in [2.45, 2.75) is 104 Å². The number of Topliss-reactive ketones (excluding diaryl/α,β-unsaturated/α-hetero) is 1. The third kappa shape index (κ3) is 6.77. The van der Waals surface area contributed by atoms with E-state index in [1.54, 1.807) is 11.3 Å². The van der Waals surface area contributed by atoms with E-state index >= 15 is 0 Å². The molecular weight excluding hydrogens is 510 g/mol. The van der Waals surface area contributed by atoms with Crippen molar-refractivity contribution < 1.29 is 19.5 Å². The number of rotatable bonds is 8. The van der Waals surface area contributed by atoms with Gasteiger partial charge in [-0.25, -0.2) is 4.98 Å². The minimum absolute atomic E-state index is 0.0207. The molecule has 0 bridgehead atoms. The molecule has 2 aliphatic rings. The largest absolute Gasteiger partial charge is 0.391 e. The average Bonchev–Trinajstić information content (AvgIpc) is 3.50. The molecule has 1 aliphatic heterocycles. The van der Waals surface area contributed by atoms with Crippen molar-refractivity contribution in [2.24, 2.45) is 11.3 Å². The number of benzene rings is 1. The number of aromatic nitrogens is 1. The molecule has 2 heterocycles. The Morgan fingerprint density at radius 3 is 2.41 bits per heavy atom. The summed E-state index contributed by atoms with van der Waals surface area (Å²) in [5.41, 5.74) is 5.67. The Labute approximate surface area is 236 Å². The zero-order valence-corrected chi connectivity index (χ0v) is 25.2. The van der Waals surface area contributed by atoms with E-state index in [0.717, 1.165) is 34.5 Å². The molecule has 2 amide bonds. The molecule has 1 saturated carbocycles. The molecule has 2 N–H and O–H groups in total. The summed E-state index contributed by atoms with van der Waals surface area (Å²) in [4.78, 5) is 46.9. The van der Waals surface area contributed by atoms with E-state index < -0.39 is 23.6 Å². The maximum atomic E-state index is 13.7. The summed E-state index contributed by atoms with van der Waals surface area (Å²) >= 11 is 1.63. The summed E-state index contributed by atoms with van der Waals surface area (Å²) in [6, 6.07) is 4.99. The molecule has 3 unspecified atom stereocenters. The molecule has 4 rings (SSSR count). The number of thiazole rings is 1. The molecule has 1 aliphatic carbocycles. The Kier molecular flexibility index (Phi) is 8.39. The topological polar surface area (TPSA) is 99.6 Å². The van der Waals surface area contributed by atoms with Gasteiger partial charge in [0.2, 0.25) is 11.8 Å². The first-order chi connectivity index (χ1) is 18.2. The molecule has 1 aromatic heterocycles. The summed E-state index contributed by atoms with van der Waals surface area (Å²) in [7, 11) is 0. The highest BCUT2D eigenvalue weighted by Crippen LogP contribution is 2.35. The van der Waals surface area contributed by atoms with Crippen molar-refractivity contribution in [3.63, 3.8) is 0 Å². The Morgan fingerprint density at radius 2 is 1.85 bits per heavy atom. The zero-order valence-electron chi connectivity index (χ0n) is 24.3. The molecule has 1 saturated heterocycles. The molecule has 2 fully saturated rings. The van der Waals surface area contributed by atoms with E-state index in [-0.39, 0.29) is 48.3 Å². The van der Waals surface area contributed by atoms with E-state index in [4.69, 9.17) is 0 Å². The predicted octanol–water partition coefficient (Wildman–Crippen LogP) is 4.82. The molecule has 8 heteroatoms. The fraction of sp³-hybridized carbons (Fsp3) is 0.613. The second kappa shape index (κ2) is 11.1. The summed E-state index contributed by atoms with van der Waals surface area (Å²) < 4.78 is 0. The standard InChI is InChI=1S/C31H43N3O4S/c1-18-26(39-17-32-18)21-11-8-19(23(14-21)30(2,3)4)12-13-25(36)24-15-22(35)16-34(24)29(38)27(31(5,6)7)33-28(37)20-9-10-20/h8,11,14,17,20,22,24,27,35H,9-10,12-13,15-16H2,1-7H3,(H,33,37). The van der Waals surface area contributed by atoms with Crippen LogP contribution in [0.1, 0.15) is 84.0 Å². The van der Waals surface area contributed by atoms with Crippen LogP contribution in [0.3, 0.4) is 0 Å². The van der Waals surface area contributed by atoms with Crippen LogP contribution < -0.4 is 5.32 Å². The highest BCUT2D eigenvalue weighted by molar-refractivity contribution is 7.13. The van der Waals surface area contributed by atoms with Gasteiger partial charge >= 0.3 is 0 Å². The van der Waals surface area contributed by atoms with Crippen molar-refractivity contribution in [1.29, 1.82) is 0 Å². The second-order valence-corrected chi connectivity index (χ2v) is 14.2. The zero-order chi connectivity index (χ0) is 28.7. The Bertz CT molecular complexity index is 1240. The van der Waals surface area contributed by atoms with Crippen LogP contribution in [0.4, 0.5) is 0 Å². The van der Waals surface area contributed by atoms with Gasteiger partial charge in [-0.15, -0.1) is 11.3 Å². The van der Waals surface area contributed by atoms with Gasteiger partial charge in [-0.2, -0.15) is 0 Å². The number of nitrogens with zero attached hydrogens (tertiary/aromatic N) is 2. The smallest absolute Gasteiger partial charge is 0.246 e. The number of ketones is 1. The minimum atomic E-state index is -0.755. The third-order valence-electron chi connectivity index (χ3n) is 7.85. The summed E-state index contributed by atoms with van der Waals surface area (Å²) in [5.74, 6) is -0.459. The first-order valence-electron chi connectivity index (χ1n) is 14.0. The number of carbonyl (C=O) groups is 3. The van der Waals surface area contributed by atoms with Gasteiger partial charge in [0, 0.05) is 25.3 Å². The molecule has 7 nitrogen and oxygen atoms in total. The molecule has 3 atom stereocenters. The van der Waals surface area contributed by atoms with E-state index in [0.29, 0.717) is 6.42 Å². The maximum Gasteiger partial charge on any atom is 0.246 e. The normalized spacial score (nSPS) is 20.7. The number of aliphatic hydroxyl groups excluding tert-OH is 1. The number of carbonyl (C=O) groups excluding carboxylic acids is 3. The van der Waals surface area contributed by atoms with Crippen LogP contribution in [-0.4, -0.2) is 57.3 Å². The van der Waals surface area contributed by atoms with Crippen LogP contribution in [0.25, 0.3) is 10.4 Å². The average molecular weight is 554 g/mol. The quantitative estimate of drug-likeness (QED) is 0.488. The van der Waals surface area contributed by atoms with Crippen molar-refractivity contribution in [3.8, 4) is 10.4 Å². The SMILES string of the molecule is Cc1ncsc1-c1ccc(CCC(=O)C2CC(O)CN2C(=O)C(NC(=O)C2CC2)C(C)(C)C)c(C(C)(C)C)c1. The lowest BCUT2D eigenvalue weighted by Gasteiger charge is -2.35. The van der Waals surface area contributed by atoms with Crippen LogP contribution >= 0.6 is 11.3 Å². The molecule has 0 radical (unpaired) electrons. The molecule has 39 heavy (non-hydrogen) atoms. The van der Waals surface area contributed by atoms with Gasteiger partial charge < -0.3 is 15.3 Å². The highest BCUT2D eigenvalue weighted by Gasteiger charge is 2.45. The third-order valence-corrected chi connectivity index (χ3v) is 8.83. The lowest BCUT2D eigenvalue weighted by atomic mass is 9.81. The fourth-order valence-corrected chi connectivity index (χ4v) is 6.22. The first-order valence-corrected chi connectivity index (χ1v) is 14.9. The number of aliphatic hydroxyl groups is 1. The highest BCUT2D eigenvalue weighted by atomic mass is 32.1. The number of β-amino-alcohol motifs (C(OH)–C–C–N with tert-alkyl or cyclic N) is 1. The fourth-order valence-electron chi connectivity index (χ4n) is 5.42. The summed E-state index contributed by atoms with van der Waals surface area (Å²) in [5, 5.41) is 13.4. The van der Waals surface area contributed by atoms with Crippen molar-refractivity contribution in [3.05, 3.63) is 40.5 Å². The molecule has 212 valence electrons. The lowest BCUT2D eigenvalue weighted by molar-refractivity contribution is -0.143. The van der Waals surface area contributed by atoms with Crippen LogP contribution in [0.15, 0.2) is 23.7 Å². The van der Waals surface area contributed by atoms with Crippen LogP contribution in [-0.2, 0) is 26.2 Å². The van der Waals surface area contributed by atoms with Crippen LogP contribution in [0, 0.1) is 18.3 Å². The van der Waals surface area contributed by atoms with Gasteiger partial charge in [0.05, 0.1) is 28.2 Å². The first kappa shape index (κ1) is 29.4. The monoisotopic (exact) mass is 553 g/mol. The second-order valence-electron chi connectivity index (χ2n) is 13.3. The maximum absolute atomic E-state index is 13.7. The van der Waals surface area contributed by atoms with Crippen LogP contribution in [0.2, 0.25) is 0 Å². The number of likely N-dealkylation sites (tertiary alicyclic amines) is 1. The van der Waals surface area contributed by atoms with E-state index in [2.05, 4.69) is 49.3 Å². The molecule has 2 aromatic rings. The number of nitrogens with one attached hydrogen (secondary N) is 1. The summed E-state index contributed by atoms with van der Waals surface area (Å²) in [6.07, 6.45) is 2.01. The summed E-state index contributed by atoms with van der Waals surface area (Å²) in [6.45, 7) is 14.4. The van der Waals surface area contributed by atoms with Crippen molar-refractivity contribution >= 4 is 28.9 Å². The predicted molar refractivity (Wildman–Crippen MR) is 155 cm³/mol. The van der Waals surface area contributed by atoms with E-state index in [1.807, 2.05) is 33.2 Å². The van der Waals surface area contributed by atoms with Crippen molar-refractivity contribution in [2.75, 3.05) is 6.54 Å². The van der Waals surface area contributed by atoms with Gasteiger partial charge in [-0.1, -0.05) is 53.7 Å². The van der Waals surface area contributed by atoms with Crippen molar-refractivity contribution in [1.82, 2.24) is 15.2 Å². The van der Waals surface area contributed by atoms with Gasteiger partial charge in [-0.05, 0) is 59.8 Å². The molecule has 1 aromatic carbocycles. The van der Waals surface area contributed by atoms with E-state index in [1.165, 1.54) is 10.5 Å². The van der Waals surface area contributed by atoms with Gasteiger partial charge in [-0.3, -0.25) is 14.4 Å². The Hall–Kier alpha value is -2.58. The number of aryl methyl sites for hydroxylation is 2. The Morgan fingerprint density at radius 1 is 1.15 bits per heavy atom. The van der Waals surface area contributed by atoms with Crippen LogP contribution in [0.5, 0.6) is 0 Å². The van der Waals surface area contributed by atoms with Gasteiger partial charge in [0.1, 0.15) is 6.04 Å². The number of hydrogen-bond donors (Lipinski definition) is 2. The molecule has 0 spiro atoms. The minimum Gasteiger partial charge on any atom is -0.391 e. The van der Waals surface area contributed by atoms with Gasteiger partial charge in [0.15, 0.2) is 5.78 Å². The van der Waals surface area contributed by atoms with Gasteiger partial charge in [0.25, 0.3) is 0 Å².